The van der Waals surface area contributed by atoms with Crippen LogP contribution in [-0.4, -0.2) is 52.3 Å². The number of aromatic nitrogens is 2. The SMILES string of the molecule is CN1CCc2ccc(-c3csc(NC(=O)CNC(=O)c4ccn(C(C)(C)C)c4)n3)cc2C1=O. The van der Waals surface area contributed by atoms with Crippen LogP contribution in [0.2, 0.25) is 0 Å². The van der Waals surface area contributed by atoms with Crippen molar-refractivity contribution < 1.29 is 14.4 Å². The van der Waals surface area contributed by atoms with E-state index in [1.165, 1.54) is 11.3 Å². The molecule has 3 aromatic rings. The van der Waals surface area contributed by atoms with Crippen molar-refractivity contribution in [1.29, 1.82) is 0 Å². The number of thiazole rings is 1. The van der Waals surface area contributed by atoms with Crippen molar-refractivity contribution in [3.05, 3.63) is 58.7 Å². The number of benzene rings is 1. The molecule has 0 fully saturated rings. The van der Waals surface area contributed by atoms with Crippen LogP contribution < -0.4 is 10.6 Å². The van der Waals surface area contributed by atoms with Gasteiger partial charge < -0.3 is 20.1 Å². The predicted octanol–water partition coefficient (Wildman–Crippen LogP) is 3.36. The van der Waals surface area contributed by atoms with Crippen LogP contribution in [0.1, 0.15) is 47.1 Å². The van der Waals surface area contributed by atoms with Crippen LogP contribution in [-0.2, 0) is 16.8 Å². The van der Waals surface area contributed by atoms with Crippen molar-refractivity contribution >= 4 is 34.2 Å². The summed E-state index contributed by atoms with van der Waals surface area (Å²) in [5, 5.41) is 7.63. The molecule has 2 N–H and O–H groups in total. The number of amides is 3. The fraction of sp³-hybridized carbons (Fsp3) is 0.333. The Hall–Kier alpha value is -3.46. The first-order chi connectivity index (χ1) is 15.6. The molecule has 1 aromatic carbocycles. The minimum absolute atomic E-state index is 0.00967. The van der Waals surface area contributed by atoms with E-state index in [0.717, 1.165) is 24.1 Å². The van der Waals surface area contributed by atoms with E-state index in [1.54, 1.807) is 24.2 Å². The van der Waals surface area contributed by atoms with Crippen LogP contribution in [0, 0.1) is 0 Å². The van der Waals surface area contributed by atoms with Crippen molar-refractivity contribution in [1.82, 2.24) is 19.8 Å². The highest BCUT2D eigenvalue weighted by molar-refractivity contribution is 7.14. The molecule has 0 radical (unpaired) electrons. The summed E-state index contributed by atoms with van der Waals surface area (Å²) in [6, 6.07) is 7.50. The zero-order chi connectivity index (χ0) is 23.8. The molecule has 1 aliphatic rings. The highest BCUT2D eigenvalue weighted by Gasteiger charge is 2.22. The molecule has 0 unspecified atom stereocenters. The van der Waals surface area contributed by atoms with E-state index in [0.29, 0.717) is 22.0 Å². The molecule has 2 aromatic heterocycles. The smallest absolute Gasteiger partial charge is 0.253 e. The Morgan fingerprint density at radius 2 is 2.00 bits per heavy atom. The fourth-order valence-electron chi connectivity index (χ4n) is 3.59. The van der Waals surface area contributed by atoms with Crippen molar-refractivity contribution in [2.45, 2.75) is 32.7 Å². The van der Waals surface area contributed by atoms with Gasteiger partial charge in [-0.15, -0.1) is 11.3 Å². The van der Waals surface area contributed by atoms with Gasteiger partial charge in [-0.25, -0.2) is 4.98 Å². The molecule has 3 heterocycles. The number of hydrogen-bond donors (Lipinski definition) is 2. The monoisotopic (exact) mass is 465 g/mol. The van der Waals surface area contributed by atoms with Gasteiger partial charge in [0.1, 0.15) is 0 Å². The van der Waals surface area contributed by atoms with E-state index in [4.69, 9.17) is 0 Å². The van der Waals surface area contributed by atoms with Gasteiger partial charge in [-0.05, 0) is 44.9 Å². The zero-order valence-corrected chi connectivity index (χ0v) is 20.0. The standard InChI is InChI=1S/C24H27N5O3S/c1-24(2,3)29-10-8-17(13-29)21(31)25-12-20(30)27-23-26-19(14-33-23)16-6-5-15-7-9-28(4)22(32)18(15)11-16/h5-6,8,10-11,13-14H,7,9,12H2,1-4H3,(H,25,31)(H,26,27,30). The van der Waals surface area contributed by atoms with E-state index >= 15 is 0 Å². The molecule has 0 spiro atoms. The van der Waals surface area contributed by atoms with Crippen LogP contribution in [0.4, 0.5) is 5.13 Å². The molecule has 0 saturated carbocycles. The third-order valence-corrected chi connectivity index (χ3v) is 6.35. The maximum absolute atomic E-state index is 12.4. The number of fused-ring (bicyclic) bond motifs is 1. The fourth-order valence-corrected chi connectivity index (χ4v) is 4.32. The Kier molecular flexibility index (Phi) is 6.07. The summed E-state index contributed by atoms with van der Waals surface area (Å²) in [6.07, 6.45) is 4.45. The van der Waals surface area contributed by atoms with Gasteiger partial charge in [-0.1, -0.05) is 12.1 Å². The van der Waals surface area contributed by atoms with Gasteiger partial charge in [-0.3, -0.25) is 14.4 Å². The van der Waals surface area contributed by atoms with Crippen molar-refractivity contribution in [3.63, 3.8) is 0 Å². The summed E-state index contributed by atoms with van der Waals surface area (Å²) >= 11 is 1.29. The molecule has 33 heavy (non-hydrogen) atoms. The molecule has 0 bridgehead atoms. The Morgan fingerprint density at radius 3 is 2.73 bits per heavy atom. The van der Waals surface area contributed by atoms with Crippen LogP contribution in [0.3, 0.4) is 0 Å². The number of nitrogens with zero attached hydrogens (tertiary/aromatic N) is 3. The summed E-state index contributed by atoms with van der Waals surface area (Å²) in [5.74, 6) is -0.658. The number of anilines is 1. The van der Waals surface area contributed by atoms with E-state index in [-0.39, 0.29) is 29.8 Å². The van der Waals surface area contributed by atoms with E-state index in [2.05, 4.69) is 15.6 Å². The Morgan fingerprint density at radius 1 is 1.21 bits per heavy atom. The first kappa shape index (κ1) is 22.7. The molecule has 8 nitrogen and oxygen atoms in total. The molecule has 1 aliphatic heterocycles. The second-order valence-electron chi connectivity index (χ2n) is 9.10. The number of carbonyl (C=O) groups is 3. The molecule has 0 aliphatic carbocycles. The van der Waals surface area contributed by atoms with E-state index in [9.17, 15) is 14.4 Å². The predicted molar refractivity (Wildman–Crippen MR) is 129 cm³/mol. The molecule has 9 heteroatoms. The van der Waals surface area contributed by atoms with Gasteiger partial charge in [0, 0.05) is 48.0 Å². The molecular weight excluding hydrogens is 438 g/mol. The summed E-state index contributed by atoms with van der Waals surface area (Å²) in [6.45, 7) is 6.70. The second kappa shape index (κ2) is 8.82. The molecule has 3 amide bonds. The third kappa shape index (κ3) is 4.98. The maximum Gasteiger partial charge on any atom is 0.253 e. The number of hydrogen-bond acceptors (Lipinski definition) is 5. The van der Waals surface area contributed by atoms with Gasteiger partial charge in [0.25, 0.3) is 11.8 Å². The Bertz CT molecular complexity index is 1220. The highest BCUT2D eigenvalue weighted by atomic mass is 32.1. The van der Waals surface area contributed by atoms with Crippen LogP contribution in [0.25, 0.3) is 11.3 Å². The first-order valence-electron chi connectivity index (χ1n) is 10.7. The lowest BCUT2D eigenvalue weighted by Crippen LogP contribution is -2.34. The quantitative estimate of drug-likeness (QED) is 0.604. The van der Waals surface area contributed by atoms with Crippen LogP contribution in [0.5, 0.6) is 0 Å². The van der Waals surface area contributed by atoms with Gasteiger partial charge in [0.15, 0.2) is 5.13 Å². The first-order valence-corrected chi connectivity index (χ1v) is 11.6. The van der Waals surface area contributed by atoms with Gasteiger partial charge in [0.05, 0.1) is 17.8 Å². The van der Waals surface area contributed by atoms with E-state index < -0.39 is 0 Å². The minimum atomic E-state index is -0.359. The lowest BCUT2D eigenvalue weighted by atomic mass is 9.96. The topological polar surface area (TPSA) is 96.3 Å². The maximum atomic E-state index is 12.4. The van der Waals surface area contributed by atoms with Crippen LogP contribution in [0.15, 0.2) is 42.0 Å². The largest absolute Gasteiger partial charge is 0.348 e. The number of carbonyl (C=O) groups excluding carboxylic acids is 3. The van der Waals surface area contributed by atoms with E-state index in [1.807, 2.05) is 55.1 Å². The van der Waals surface area contributed by atoms with Crippen molar-refractivity contribution in [3.8, 4) is 11.3 Å². The lowest BCUT2D eigenvalue weighted by Gasteiger charge is -2.25. The second-order valence-corrected chi connectivity index (χ2v) is 9.95. The van der Waals surface area contributed by atoms with Gasteiger partial charge >= 0.3 is 0 Å². The molecule has 0 atom stereocenters. The number of likely N-dealkylation sites (N-methyl/N-ethyl adjacent to an activating group) is 1. The summed E-state index contributed by atoms with van der Waals surface area (Å²) in [5.41, 5.74) is 3.63. The lowest BCUT2D eigenvalue weighted by molar-refractivity contribution is -0.115. The van der Waals surface area contributed by atoms with Crippen molar-refractivity contribution in [2.75, 3.05) is 25.5 Å². The third-order valence-electron chi connectivity index (χ3n) is 5.59. The summed E-state index contributed by atoms with van der Waals surface area (Å²) in [7, 11) is 1.80. The number of nitrogens with one attached hydrogen (secondary N) is 2. The summed E-state index contributed by atoms with van der Waals surface area (Å²) in [4.78, 5) is 43.3. The average molecular weight is 466 g/mol. The molecule has 4 rings (SSSR count). The van der Waals surface area contributed by atoms with Crippen LogP contribution >= 0.6 is 11.3 Å². The highest BCUT2D eigenvalue weighted by Crippen LogP contribution is 2.28. The number of rotatable bonds is 5. The summed E-state index contributed by atoms with van der Waals surface area (Å²) < 4.78 is 1.95. The minimum Gasteiger partial charge on any atom is -0.348 e. The Labute approximate surface area is 196 Å². The van der Waals surface area contributed by atoms with Crippen molar-refractivity contribution in [2.24, 2.45) is 0 Å². The van der Waals surface area contributed by atoms with Gasteiger partial charge in [-0.2, -0.15) is 0 Å². The zero-order valence-electron chi connectivity index (χ0n) is 19.1. The molecular formula is C24H27N5O3S. The average Bonchev–Trinajstić information content (AvgIpc) is 3.44. The molecule has 0 saturated heterocycles. The Balaban J connectivity index is 1.36. The molecule has 172 valence electrons. The van der Waals surface area contributed by atoms with Gasteiger partial charge in [0.2, 0.25) is 5.91 Å². The normalized spacial score (nSPS) is 13.6.